The van der Waals surface area contributed by atoms with Crippen LogP contribution in [0.3, 0.4) is 0 Å². The van der Waals surface area contributed by atoms with E-state index in [9.17, 15) is 8.42 Å². The fourth-order valence-electron chi connectivity index (χ4n) is 3.17. The van der Waals surface area contributed by atoms with Crippen LogP contribution in [0.5, 0.6) is 0 Å². The molecule has 1 saturated heterocycles. The molecule has 0 bridgehead atoms. The maximum absolute atomic E-state index is 11.8. The summed E-state index contributed by atoms with van der Waals surface area (Å²) in [5.74, 6) is 0.352. The van der Waals surface area contributed by atoms with E-state index in [1.807, 2.05) is 43.3 Å². The Balaban J connectivity index is 1.83. The predicted molar refractivity (Wildman–Crippen MR) is 95.0 cm³/mol. The van der Waals surface area contributed by atoms with Crippen LogP contribution in [0.25, 0.3) is 22.3 Å². The second-order valence-corrected chi connectivity index (χ2v) is 8.83. The topological polar surface area (TPSA) is 64.8 Å². The van der Waals surface area contributed by atoms with Crippen molar-refractivity contribution in [1.29, 1.82) is 0 Å². The van der Waals surface area contributed by atoms with Gasteiger partial charge in [-0.25, -0.2) is 18.1 Å². The van der Waals surface area contributed by atoms with Crippen LogP contribution in [-0.4, -0.2) is 34.7 Å². The highest BCUT2D eigenvalue weighted by Crippen LogP contribution is 2.29. The summed E-state index contributed by atoms with van der Waals surface area (Å²) < 4.78 is 25.4. The monoisotopic (exact) mass is 361 g/mol. The van der Waals surface area contributed by atoms with Gasteiger partial charge in [-0.2, -0.15) is 5.10 Å². The molecule has 7 heteroatoms. The van der Waals surface area contributed by atoms with Crippen LogP contribution >= 0.6 is 11.6 Å². The minimum Gasteiger partial charge on any atom is -0.243 e. The molecule has 5 nitrogen and oxygen atoms in total. The Morgan fingerprint density at radius 2 is 1.92 bits per heavy atom. The van der Waals surface area contributed by atoms with E-state index < -0.39 is 9.84 Å². The van der Waals surface area contributed by atoms with E-state index in [1.165, 1.54) is 0 Å². The lowest BCUT2D eigenvalue weighted by molar-refractivity contribution is 0.509. The largest absolute Gasteiger partial charge is 0.243 e. The van der Waals surface area contributed by atoms with Gasteiger partial charge in [0.2, 0.25) is 0 Å². The van der Waals surface area contributed by atoms with Crippen molar-refractivity contribution in [3.63, 3.8) is 0 Å². The van der Waals surface area contributed by atoms with Crippen LogP contribution in [0.1, 0.15) is 18.2 Å². The summed E-state index contributed by atoms with van der Waals surface area (Å²) in [6.07, 6.45) is 0.589. The lowest BCUT2D eigenvalue weighted by Crippen LogP contribution is -2.13. The highest BCUT2D eigenvalue weighted by molar-refractivity contribution is 7.91. The first-order chi connectivity index (χ1) is 11.4. The normalized spacial score (nSPS) is 19.8. The Labute approximate surface area is 145 Å². The number of benzene rings is 1. The summed E-state index contributed by atoms with van der Waals surface area (Å²) in [4.78, 5) is 4.75. The molecule has 1 aliphatic rings. The smallest absolute Gasteiger partial charge is 0.158 e. The first kappa shape index (κ1) is 15.6. The molecule has 0 saturated carbocycles. The molecule has 0 spiro atoms. The lowest BCUT2D eigenvalue weighted by atomic mass is 10.1. The minimum absolute atomic E-state index is 0.135. The molecule has 1 atom stereocenters. The summed E-state index contributed by atoms with van der Waals surface area (Å²) in [6.45, 7) is 1.92. The van der Waals surface area contributed by atoms with Crippen LogP contribution in [0, 0.1) is 6.92 Å². The van der Waals surface area contributed by atoms with Gasteiger partial charge >= 0.3 is 0 Å². The minimum atomic E-state index is -2.97. The quantitative estimate of drug-likeness (QED) is 0.701. The van der Waals surface area contributed by atoms with E-state index in [0.29, 0.717) is 11.4 Å². The summed E-state index contributed by atoms with van der Waals surface area (Å²) >= 11 is 5.94. The molecule has 24 heavy (non-hydrogen) atoms. The molecule has 0 aliphatic carbocycles. The fourth-order valence-corrected chi connectivity index (χ4v) is 4.99. The maximum atomic E-state index is 11.8. The van der Waals surface area contributed by atoms with Crippen LogP contribution in [-0.2, 0) is 9.84 Å². The van der Waals surface area contributed by atoms with Crippen LogP contribution in [0.15, 0.2) is 36.4 Å². The van der Waals surface area contributed by atoms with Crippen LogP contribution in [0.2, 0.25) is 5.02 Å². The first-order valence-electron chi connectivity index (χ1n) is 7.75. The van der Waals surface area contributed by atoms with Crippen molar-refractivity contribution < 1.29 is 8.42 Å². The number of nitrogens with zero attached hydrogens (tertiary/aromatic N) is 3. The number of hydrogen-bond acceptors (Lipinski definition) is 4. The van der Waals surface area contributed by atoms with Gasteiger partial charge in [0.1, 0.15) is 0 Å². The fraction of sp³-hybridized carbons (Fsp3) is 0.294. The summed E-state index contributed by atoms with van der Waals surface area (Å²) in [5, 5.41) is 6.19. The van der Waals surface area contributed by atoms with Gasteiger partial charge in [0.05, 0.1) is 28.9 Å². The molecule has 1 aliphatic heterocycles. The molecular weight excluding hydrogens is 346 g/mol. The number of halogens is 1. The number of rotatable bonds is 2. The third kappa shape index (κ3) is 2.70. The Morgan fingerprint density at radius 1 is 1.17 bits per heavy atom. The molecule has 0 amide bonds. The molecule has 2 aromatic heterocycles. The second-order valence-electron chi connectivity index (χ2n) is 6.16. The molecule has 1 aromatic carbocycles. The Morgan fingerprint density at radius 3 is 2.58 bits per heavy atom. The molecular formula is C17H16ClN3O2S. The van der Waals surface area contributed by atoms with Gasteiger partial charge in [0, 0.05) is 16.0 Å². The molecule has 3 heterocycles. The number of hydrogen-bond donors (Lipinski definition) is 0. The van der Waals surface area contributed by atoms with Gasteiger partial charge < -0.3 is 0 Å². The van der Waals surface area contributed by atoms with Gasteiger partial charge in [-0.15, -0.1) is 0 Å². The van der Waals surface area contributed by atoms with Crippen molar-refractivity contribution >= 4 is 32.5 Å². The van der Waals surface area contributed by atoms with Crippen LogP contribution < -0.4 is 0 Å². The number of aromatic nitrogens is 3. The summed E-state index contributed by atoms with van der Waals surface area (Å²) in [7, 11) is -2.97. The van der Waals surface area contributed by atoms with E-state index in [2.05, 4.69) is 5.10 Å². The average molecular weight is 362 g/mol. The van der Waals surface area contributed by atoms with Gasteiger partial charge in [-0.3, -0.25) is 0 Å². The van der Waals surface area contributed by atoms with Crippen molar-refractivity contribution in [2.24, 2.45) is 0 Å². The Kier molecular flexibility index (Phi) is 3.62. The standard InChI is InChI=1S/C17H16ClN3O2S/c1-11-15-6-7-16(12-2-4-13(18)5-3-12)19-17(15)21(20-11)14-8-9-24(22,23)10-14/h2-7,14H,8-10H2,1H3/t14-/m1/s1. The zero-order valence-corrected chi connectivity index (χ0v) is 14.7. The maximum Gasteiger partial charge on any atom is 0.158 e. The van der Waals surface area contributed by atoms with Gasteiger partial charge in [0.25, 0.3) is 0 Å². The summed E-state index contributed by atoms with van der Waals surface area (Å²) in [5.41, 5.74) is 3.39. The predicted octanol–water partition coefficient (Wildman–Crippen LogP) is 3.42. The van der Waals surface area contributed by atoms with E-state index in [0.717, 1.165) is 28.0 Å². The molecule has 0 N–H and O–H groups in total. The van der Waals surface area contributed by atoms with E-state index >= 15 is 0 Å². The van der Waals surface area contributed by atoms with E-state index in [-0.39, 0.29) is 17.5 Å². The third-order valence-corrected chi connectivity index (χ3v) is 6.44. The van der Waals surface area contributed by atoms with E-state index in [4.69, 9.17) is 16.6 Å². The molecule has 1 fully saturated rings. The average Bonchev–Trinajstić information content (AvgIpc) is 3.08. The molecule has 3 aromatic rings. The number of sulfone groups is 1. The van der Waals surface area contributed by atoms with Gasteiger partial charge in [-0.05, 0) is 37.6 Å². The molecule has 0 unspecified atom stereocenters. The van der Waals surface area contributed by atoms with E-state index in [1.54, 1.807) is 4.68 Å². The molecule has 4 rings (SSSR count). The number of fused-ring (bicyclic) bond motifs is 1. The molecule has 0 radical (unpaired) electrons. The highest BCUT2D eigenvalue weighted by Gasteiger charge is 2.31. The van der Waals surface area contributed by atoms with Crippen molar-refractivity contribution in [3.8, 4) is 11.3 Å². The third-order valence-electron chi connectivity index (χ3n) is 4.43. The molecule has 124 valence electrons. The van der Waals surface area contributed by atoms with Crippen molar-refractivity contribution in [3.05, 3.63) is 47.1 Å². The SMILES string of the molecule is Cc1nn([C@@H]2CCS(=O)(=O)C2)c2nc(-c3ccc(Cl)cc3)ccc12. The van der Waals surface area contributed by atoms with Gasteiger partial charge in [-0.1, -0.05) is 23.7 Å². The zero-order chi connectivity index (χ0) is 16.9. The number of pyridine rings is 1. The Hall–Kier alpha value is -1.92. The Bertz CT molecular complexity index is 1030. The van der Waals surface area contributed by atoms with Crippen molar-refractivity contribution in [1.82, 2.24) is 14.8 Å². The highest BCUT2D eigenvalue weighted by atomic mass is 35.5. The van der Waals surface area contributed by atoms with Crippen LogP contribution in [0.4, 0.5) is 0 Å². The lowest BCUT2D eigenvalue weighted by Gasteiger charge is -2.10. The second kappa shape index (κ2) is 5.57. The zero-order valence-electron chi connectivity index (χ0n) is 13.1. The number of aryl methyl sites for hydroxylation is 1. The van der Waals surface area contributed by atoms with Crippen molar-refractivity contribution in [2.75, 3.05) is 11.5 Å². The van der Waals surface area contributed by atoms with Crippen molar-refractivity contribution in [2.45, 2.75) is 19.4 Å². The van der Waals surface area contributed by atoms with Gasteiger partial charge in [0.15, 0.2) is 15.5 Å². The summed E-state index contributed by atoms with van der Waals surface area (Å²) in [6, 6.07) is 11.3. The first-order valence-corrected chi connectivity index (χ1v) is 9.95.